The summed E-state index contributed by atoms with van der Waals surface area (Å²) in [7, 11) is 0. The third-order valence-electron chi connectivity index (χ3n) is 4.05. The van der Waals surface area contributed by atoms with Gasteiger partial charge in [0.25, 0.3) is 0 Å². The summed E-state index contributed by atoms with van der Waals surface area (Å²) in [6.45, 7) is 11.1. The third-order valence-corrected chi connectivity index (χ3v) is 4.05. The molecule has 1 N–H and O–H groups in total. The molecule has 0 radical (unpaired) electrons. The monoisotopic (exact) mass is 321 g/mol. The van der Waals surface area contributed by atoms with Crippen LogP contribution in [0.15, 0.2) is 30.3 Å². The predicted octanol–water partition coefficient (Wildman–Crippen LogP) is 3.48. The predicted molar refractivity (Wildman–Crippen MR) is 87.9 cm³/mol. The highest BCUT2D eigenvalue weighted by Gasteiger charge is 2.56. The maximum Gasteiger partial charge on any atom is 0.413 e. The van der Waals surface area contributed by atoms with Gasteiger partial charge in [0.15, 0.2) is 0 Å². The molecule has 2 atom stereocenters. The number of ether oxygens (including phenoxy) is 2. The van der Waals surface area contributed by atoms with Crippen LogP contribution in [0.2, 0.25) is 0 Å². The van der Waals surface area contributed by atoms with E-state index in [-0.39, 0.29) is 6.61 Å². The van der Waals surface area contributed by atoms with Gasteiger partial charge in [0, 0.05) is 0 Å². The minimum absolute atomic E-state index is 0.231. The van der Waals surface area contributed by atoms with E-state index < -0.39 is 29.1 Å². The van der Waals surface area contributed by atoms with Gasteiger partial charge in [-0.1, -0.05) is 30.3 Å². The normalized spacial score (nSPS) is 25.3. The van der Waals surface area contributed by atoms with E-state index in [2.05, 4.69) is 0 Å². The molecule has 1 aliphatic heterocycles. The summed E-state index contributed by atoms with van der Waals surface area (Å²) in [5.74, 6) is 0. The first-order valence-corrected chi connectivity index (χ1v) is 7.88. The fourth-order valence-electron chi connectivity index (χ4n) is 3.00. The molecule has 23 heavy (non-hydrogen) atoms. The SMILES string of the molecule is CC(C)(C)OC(=O)N1C(C)(C)OC[C@@]1(C)[C@@H](O)c1ccccc1. The van der Waals surface area contributed by atoms with Gasteiger partial charge in [-0.25, -0.2) is 4.79 Å². The lowest BCUT2D eigenvalue weighted by molar-refractivity contribution is -0.0804. The number of rotatable bonds is 2. The van der Waals surface area contributed by atoms with Crippen molar-refractivity contribution >= 4 is 6.09 Å². The topological polar surface area (TPSA) is 59.0 Å². The van der Waals surface area contributed by atoms with Crippen molar-refractivity contribution in [3.63, 3.8) is 0 Å². The van der Waals surface area contributed by atoms with Crippen molar-refractivity contribution in [3.05, 3.63) is 35.9 Å². The zero-order chi connectivity index (χ0) is 17.5. The fraction of sp³-hybridized carbons (Fsp3) is 0.611. The van der Waals surface area contributed by atoms with Crippen LogP contribution in [0.4, 0.5) is 4.79 Å². The van der Waals surface area contributed by atoms with Crippen LogP contribution in [0.5, 0.6) is 0 Å². The van der Waals surface area contributed by atoms with Crippen LogP contribution in [0.3, 0.4) is 0 Å². The Hall–Kier alpha value is -1.59. The van der Waals surface area contributed by atoms with E-state index in [0.29, 0.717) is 0 Å². The van der Waals surface area contributed by atoms with Crippen molar-refractivity contribution in [2.45, 2.75) is 64.5 Å². The van der Waals surface area contributed by atoms with E-state index in [9.17, 15) is 9.90 Å². The second-order valence-corrected chi connectivity index (χ2v) is 7.72. The van der Waals surface area contributed by atoms with Crippen LogP contribution in [0, 0.1) is 0 Å². The molecule has 0 aromatic heterocycles. The number of carbonyl (C=O) groups is 1. The van der Waals surface area contributed by atoms with Crippen LogP contribution in [-0.2, 0) is 9.47 Å². The molecule has 5 nitrogen and oxygen atoms in total. The maximum atomic E-state index is 12.7. The average molecular weight is 321 g/mol. The van der Waals surface area contributed by atoms with E-state index in [1.54, 1.807) is 13.8 Å². The van der Waals surface area contributed by atoms with Crippen LogP contribution in [0.25, 0.3) is 0 Å². The van der Waals surface area contributed by atoms with Gasteiger partial charge in [-0.2, -0.15) is 0 Å². The summed E-state index contributed by atoms with van der Waals surface area (Å²) in [6, 6.07) is 9.30. The van der Waals surface area contributed by atoms with Crippen LogP contribution < -0.4 is 0 Å². The molecule has 1 amide bonds. The minimum atomic E-state index is -0.910. The average Bonchev–Trinajstić information content (AvgIpc) is 2.68. The molecule has 1 aliphatic rings. The second kappa shape index (κ2) is 5.80. The molecule has 0 unspecified atom stereocenters. The van der Waals surface area contributed by atoms with E-state index in [0.717, 1.165) is 5.56 Å². The highest BCUT2D eigenvalue weighted by Crippen LogP contribution is 2.43. The first-order valence-electron chi connectivity index (χ1n) is 7.88. The van der Waals surface area contributed by atoms with E-state index in [4.69, 9.17) is 9.47 Å². The lowest BCUT2D eigenvalue weighted by Gasteiger charge is -2.42. The van der Waals surface area contributed by atoms with Crippen molar-refractivity contribution in [1.82, 2.24) is 4.90 Å². The minimum Gasteiger partial charge on any atom is -0.444 e. The largest absolute Gasteiger partial charge is 0.444 e. The maximum absolute atomic E-state index is 12.7. The quantitative estimate of drug-likeness (QED) is 0.906. The summed E-state index contributed by atoms with van der Waals surface area (Å²) < 4.78 is 11.3. The summed E-state index contributed by atoms with van der Waals surface area (Å²) in [5, 5.41) is 10.9. The molecule has 1 fully saturated rings. The first kappa shape index (κ1) is 17.8. The lowest BCUT2D eigenvalue weighted by atomic mass is 9.88. The smallest absolute Gasteiger partial charge is 0.413 e. The molecule has 0 aliphatic carbocycles. The molecule has 0 spiro atoms. The Morgan fingerprint density at radius 3 is 2.35 bits per heavy atom. The van der Waals surface area contributed by atoms with Gasteiger partial charge in [-0.05, 0) is 47.1 Å². The molecule has 1 saturated heterocycles. The first-order chi connectivity index (χ1) is 10.5. The number of benzene rings is 1. The molecule has 1 aromatic rings. The van der Waals surface area contributed by atoms with Crippen LogP contribution in [0.1, 0.15) is 53.2 Å². The molecule has 0 bridgehead atoms. The standard InChI is InChI=1S/C18H27NO4/c1-16(2,3)23-15(21)19-17(4,5)22-12-18(19,6)14(20)13-10-8-7-9-11-13/h7-11,14,20H,12H2,1-6H3/t14-,18-/m0/s1. The van der Waals surface area contributed by atoms with Crippen LogP contribution >= 0.6 is 0 Å². The number of hydrogen-bond donors (Lipinski definition) is 1. The van der Waals surface area contributed by atoms with Crippen LogP contribution in [-0.4, -0.2) is 39.6 Å². The van der Waals surface area contributed by atoms with Gasteiger partial charge in [0.05, 0.1) is 12.1 Å². The second-order valence-electron chi connectivity index (χ2n) is 7.72. The summed E-state index contributed by atoms with van der Waals surface area (Å²) >= 11 is 0. The van der Waals surface area contributed by atoms with Crippen molar-refractivity contribution < 1.29 is 19.4 Å². The van der Waals surface area contributed by atoms with Gasteiger partial charge >= 0.3 is 6.09 Å². The third kappa shape index (κ3) is 3.51. The number of hydrogen-bond acceptors (Lipinski definition) is 4. The highest BCUT2D eigenvalue weighted by molar-refractivity contribution is 5.70. The number of nitrogens with zero attached hydrogens (tertiary/aromatic N) is 1. The number of carbonyl (C=O) groups excluding carboxylic acids is 1. The molecule has 5 heteroatoms. The Morgan fingerprint density at radius 1 is 1.26 bits per heavy atom. The summed E-state index contributed by atoms with van der Waals surface area (Å²) in [4.78, 5) is 14.3. The van der Waals surface area contributed by atoms with Crippen molar-refractivity contribution in [2.24, 2.45) is 0 Å². The summed E-state index contributed by atoms with van der Waals surface area (Å²) in [5.41, 5.74) is -1.64. The lowest BCUT2D eigenvalue weighted by Crippen LogP contribution is -2.58. The Labute approximate surface area is 138 Å². The van der Waals surface area contributed by atoms with E-state index in [1.807, 2.05) is 58.0 Å². The number of aliphatic hydroxyl groups excluding tert-OH is 1. The summed E-state index contributed by atoms with van der Waals surface area (Å²) in [6.07, 6.45) is -1.37. The molecule has 128 valence electrons. The molecular weight excluding hydrogens is 294 g/mol. The zero-order valence-corrected chi connectivity index (χ0v) is 14.8. The molecule has 1 heterocycles. The van der Waals surface area contributed by atoms with Gasteiger partial charge in [0.1, 0.15) is 17.4 Å². The molecular formula is C18H27NO4. The number of amides is 1. The van der Waals surface area contributed by atoms with Crippen molar-refractivity contribution in [3.8, 4) is 0 Å². The van der Waals surface area contributed by atoms with E-state index >= 15 is 0 Å². The fourth-order valence-corrected chi connectivity index (χ4v) is 3.00. The molecule has 0 saturated carbocycles. The Kier molecular flexibility index (Phi) is 4.48. The van der Waals surface area contributed by atoms with Crippen molar-refractivity contribution in [2.75, 3.05) is 6.61 Å². The van der Waals surface area contributed by atoms with Gasteiger partial charge < -0.3 is 14.6 Å². The van der Waals surface area contributed by atoms with E-state index in [1.165, 1.54) is 4.90 Å². The molecule has 1 aromatic carbocycles. The molecule has 2 rings (SSSR count). The van der Waals surface area contributed by atoms with Gasteiger partial charge in [-0.3, -0.25) is 4.90 Å². The Bertz CT molecular complexity index is 564. The van der Waals surface area contributed by atoms with Gasteiger partial charge in [-0.15, -0.1) is 0 Å². The highest BCUT2D eigenvalue weighted by atomic mass is 16.6. The Balaban J connectivity index is 2.37. The number of aliphatic hydroxyl groups is 1. The van der Waals surface area contributed by atoms with Gasteiger partial charge in [0.2, 0.25) is 0 Å². The van der Waals surface area contributed by atoms with Crippen molar-refractivity contribution in [1.29, 1.82) is 0 Å². The zero-order valence-electron chi connectivity index (χ0n) is 14.8. The Morgan fingerprint density at radius 2 is 1.83 bits per heavy atom.